The summed E-state index contributed by atoms with van der Waals surface area (Å²) in [6, 6.07) is 54.8. The molecule has 6 aromatic carbocycles. The zero-order valence-electron chi connectivity index (χ0n) is 34.0. The Balaban J connectivity index is 0.843. The van der Waals surface area contributed by atoms with E-state index in [0.717, 1.165) is 57.9 Å². The second-order valence-corrected chi connectivity index (χ2v) is 19.4. The number of hydrogen-bond donors (Lipinski definition) is 0. The Morgan fingerprint density at radius 2 is 1.11 bits per heavy atom. The summed E-state index contributed by atoms with van der Waals surface area (Å²) < 4.78 is 6.57. The van der Waals surface area contributed by atoms with Crippen molar-refractivity contribution in [2.45, 2.75) is 55.3 Å². The number of benzene rings is 6. The van der Waals surface area contributed by atoms with Crippen LogP contribution >= 0.6 is 0 Å². The van der Waals surface area contributed by atoms with Gasteiger partial charge in [0.25, 0.3) is 0 Å². The lowest BCUT2D eigenvalue weighted by Gasteiger charge is -2.49. The van der Waals surface area contributed by atoms with E-state index in [9.17, 15) is 0 Å². The molecule has 4 heteroatoms. The number of hydrogen-bond acceptors (Lipinski definition) is 4. The fourth-order valence-electron chi connectivity index (χ4n) is 14.3. The first-order chi connectivity index (χ1) is 30.1. The maximum atomic E-state index is 6.57. The van der Waals surface area contributed by atoms with Crippen LogP contribution in [0.15, 0.2) is 170 Å². The monoisotopic (exact) mass is 787 g/mol. The Hall–Kier alpha value is -6.39. The molecule has 0 amide bonds. The molecule has 14 rings (SSSR count). The third kappa shape index (κ3) is 4.68. The van der Waals surface area contributed by atoms with Gasteiger partial charge in [-0.15, -0.1) is 0 Å². The van der Waals surface area contributed by atoms with Gasteiger partial charge in [0.05, 0.1) is 5.41 Å². The minimum Gasteiger partial charge on any atom is -0.457 e. The van der Waals surface area contributed by atoms with Crippen molar-refractivity contribution in [3.8, 4) is 45.4 Å². The van der Waals surface area contributed by atoms with Crippen molar-refractivity contribution < 1.29 is 4.74 Å². The summed E-state index contributed by atoms with van der Waals surface area (Å²) in [6.45, 7) is 0. The molecule has 1 aromatic heterocycles. The summed E-state index contributed by atoms with van der Waals surface area (Å²) >= 11 is 0. The average molecular weight is 788 g/mol. The number of ether oxygens (including phenoxy) is 1. The highest BCUT2D eigenvalue weighted by molar-refractivity contribution is 5.80. The average Bonchev–Trinajstić information content (AvgIpc) is 3.80. The van der Waals surface area contributed by atoms with Crippen LogP contribution in [-0.2, 0) is 10.8 Å². The number of aromatic nitrogens is 3. The molecule has 4 fully saturated rings. The van der Waals surface area contributed by atoms with Crippen LogP contribution in [0, 0.1) is 29.1 Å². The minimum absolute atomic E-state index is 0.0594. The predicted molar refractivity (Wildman–Crippen MR) is 241 cm³/mol. The molecule has 0 radical (unpaired) electrons. The van der Waals surface area contributed by atoms with E-state index in [2.05, 4.69) is 170 Å². The van der Waals surface area contributed by atoms with E-state index in [-0.39, 0.29) is 22.7 Å². The summed E-state index contributed by atoms with van der Waals surface area (Å²) in [5.74, 6) is 7.51. The van der Waals surface area contributed by atoms with Crippen LogP contribution in [0.5, 0.6) is 11.5 Å². The van der Waals surface area contributed by atoms with E-state index in [4.69, 9.17) is 19.7 Å². The predicted octanol–water partition coefficient (Wildman–Crippen LogP) is 13.1. The van der Waals surface area contributed by atoms with Crippen molar-refractivity contribution in [3.63, 3.8) is 0 Å². The smallest absolute Gasteiger partial charge is 0.163 e. The first-order valence-corrected chi connectivity index (χ1v) is 22.5. The number of allylic oxidation sites excluding steroid dienone is 4. The zero-order chi connectivity index (χ0) is 39.9. The van der Waals surface area contributed by atoms with Gasteiger partial charge in [-0.25, -0.2) is 15.0 Å². The molecule has 3 bridgehead atoms. The number of para-hydroxylation sites is 2. The van der Waals surface area contributed by atoms with Gasteiger partial charge in [0, 0.05) is 39.5 Å². The highest BCUT2D eigenvalue weighted by Crippen LogP contribution is 2.78. The van der Waals surface area contributed by atoms with Gasteiger partial charge in [-0.2, -0.15) is 0 Å². The minimum atomic E-state index is -0.345. The Kier molecular flexibility index (Phi) is 6.95. The second-order valence-electron chi connectivity index (χ2n) is 19.4. The molecule has 294 valence electrons. The van der Waals surface area contributed by atoms with Gasteiger partial charge in [-0.05, 0) is 107 Å². The quantitative estimate of drug-likeness (QED) is 0.174. The Morgan fingerprint density at radius 3 is 1.84 bits per heavy atom. The molecule has 7 aliphatic rings. The summed E-state index contributed by atoms with van der Waals surface area (Å²) in [5.41, 5.74) is 12.5. The van der Waals surface area contributed by atoms with Gasteiger partial charge >= 0.3 is 0 Å². The molecule has 4 nitrogen and oxygen atoms in total. The van der Waals surface area contributed by atoms with Crippen LogP contribution < -0.4 is 4.74 Å². The fourth-order valence-corrected chi connectivity index (χ4v) is 14.3. The topological polar surface area (TPSA) is 47.9 Å². The van der Waals surface area contributed by atoms with Crippen LogP contribution in [0.2, 0.25) is 0 Å². The van der Waals surface area contributed by atoms with Crippen molar-refractivity contribution in [1.29, 1.82) is 0 Å². The van der Waals surface area contributed by atoms with Gasteiger partial charge in [0.2, 0.25) is 0 Å². The van der Waals surface area contributed by atoms with E-state index >= 15 is 0 Å². The molecule has 2 spiro atoms. The maximum Gasteiger partial charge on any atom is 0.163 e. The third-order valence-corrected chi connectivity index (χ3v) is 16.6. The molecule has 7 aromatic rings. The van der Waals surface area contributed by atoms with Crippen LogP contribution in [0.4, 0.5) is 0 Å². The fraction of sp³-hybridized carbons (Fsp3) is 0.246. The maximum absolute atomic E-state index is 6.57. The molecule has 61 heavy (non-hydrogen) atoms. The molecule has 6 aliphatic carbocycles. The van der Waals surface area contributed by atoms with Crippen molar-refractivity contribution in [2.24, 2.45) is 29.1 Å². The summed E-state index contributed by atoms with van der Waals surface area (Å²) in [7, 11) is 0. The van der Waals surface area contributed by atoms with E-state index < -0.39 is 0 Å². The molecule has 2 heterocycles. The van der Waals surface area contributed by atoms with E-state index in [1.807, 2.05) is 0 Å². The highest BCUT2D eigenvalue weighted by Gasteiger charge is 2.72. The van der Waals surface area contributed by atoms with Gasteiger partial charge in [-0.1, -0.05) is 158 Å². The SMILES string of the molecule is C1=CC2C(C=C1c1ccc(-c3nc(-c4ccc(-c5ccccc5)cc4)nc(C45CC6C[C@@H]7C[C@@H](C4)CC67C5)n3)cc1)c1ccccc1C21c2ccccc2Oc2ccccc21. The van der Waals surface area contributed by atoms with Crippen molar-refractivity contribution in [1.82, 2.24) is 15.0 Å². The third-order valence-electron chi connectivity index (χ3n) is 16.6. The van der Waals surface area contributed by atoms with Gasteiger partial charge in [0.15, 0.2) is 11.6 Å². The molecule has 7 atom stereocenters. The molecular weight excluding hydrogens is 743 g/mol. The first-order valence-electron chi connectivity index (χ1n) is 22.5. The number of fused-ring (bicyclic) bond motifs is 11. The van der Waals surface area contributed by atoms with Crippen molar-refractivity contribution in [2.75, 3.05) is 0 Å². The molecule has 0 N–H and O–H groups in total. The largest absolute Gasteiger partial charge is 0.457 e. The Morgan fingerprint density at radius 1 is 0.508 bits per heavy atom. The van der Waals surface area contributed by atoms with E-state index in [1.54, 1.807) is 0 Å². The van der Waals surface area contributed by atoms with Crippen LogP contribution in [0.3, 0.4) is 0 Å². The van der Waals surface area contributed by atoms with Crippen LogP contribution in [-0.4, -0.2) is 15.0 Å². The molecule has 4 saturated carbocycles. The number of rotatable bonds is 5. The Labute approximate surface area is 357 Å². The van der Waals surface area contributed by atoms with Crippen molar-refractivity contribution in [3.05, 3.63) is 204 Å². The normalized spacial score (nSPS) is 28.5. The van der Waals surface area contributed by atoms with E-state index in [0.29, 0.717) is 5.41 Å². The lowest BCUT2D eigenvalue weighted by Crippen LogP contribution is -2.42. The molecule has 1 aliphatic heterocycles. The summed E-state index contributed by atoms with van der Waals surface area (Å²) in [4.78, 5) is 16.2. The van der Waals surface area contributed by atoms with Gasteiger partial charge in [0.1, 0.15) is 17.3 Å². The zero-order valence-corrected chi connectivity index (χ0v) is 34.0. The lowest BCUT2D eigenvalue weighted by molar-refractivity contribution is -0.000324. The summed E-state index contributed by atoms with van der Waals surface area (Å²) in [5, 5.41) is 0. The molecule has 5 unspecified atom stereocenters. The number of nitrogens with zero attached hydrogens (tertiary/aromatic N) is 3. The summed E-state index contributed by atoms with van der Waals surface area (Å²) in [6.07, 6.45) is 15.4. The van der Waals surface area contributed by atoms with Crippen LogP contribution in [0.25, 0.3) is 39.5 Å². The van der Waals surface area contributed by atoms with Gasteiger partial charge in [-0.3, -0.25) is 0 Å². The first kappa shape index (κ1) is 34.3. The van der Waals surface area contributed by atoms with E-state index in [1.165, 1.54) is 83.0 Å². The van der Waals surface area contributed by atoms with Crippen LogP contribution in [0.1, 0.15) is 78.1 Å². The van der Waals surface area contributed by atoms with Crippen molar-refractivity contribution >= 4 is 5.57 Å². The standard InChI is InChI=1S/C57H45N3O/c1-2-10-36(11-3-1)37-18-22-39(23-19-37)52-58-53(60-54(59-52)55-31-35-28-42-30-43(33-55)56(42,32-35)34-55)40-24-20-38(21-25-40)41-26-27-47-45(29-41)44-12-4-5-13-46(44)57(47)48-14-6-8-16-50(48)61-51-17-9-7-15-49(51)57/h1-27,29,35,42-43,45,47H,28,30-34H2/t35-,42-,43?,45?,47?,55?,56?/m0/s1. The van der Waals surface area contributed by atoms with Gasteiger partial charge < -0.3 is 4.74 Å². The Bertz CT molecular complexity index is 2950. The lowest BCUT2D eigenvalue weighted by atomic mass is 9.55. The molecule has 0 saturated heterocycles. The highest BCUT2D eigenvalue weighted by atomic mass is 16.5. The molecular formula is C57H45N3O. The second kappa shape index (κ2) is 12.4.